The minimum Gasteiger partial charge on any atom is -0.327 e. The van der Waals surface area contributed by atoms with E-state index < -0.39 is 6.04 Å². The van der Waals surface area contributed by atoms with E-state index in [1.54, 1.807) is 29.2 Å². The van der Waals surface area contributed by atoms with Crippen LogP contribution < -0.4 is 5.32 Å². The van der Waals surface area contributed by atoms with Crippen LogP contribution >= 0.6 is 38.9 Å². The highest BCUT2D eigenvalue weighted by Gasteiger charge is 2.35. The zero-order chi connectivity index (χ0) is 20.4. The summed E-state index contributed by atoms with van der Waals surface area (Å²) < 4.78 is 0.826. The van der Waals surface area contributed by atoms with Crippen molar-refractivity contribution in [2.75, 3.05) is 11.9 Å². The van der Waals surface area contributed by atoms with Crippen molar-refractivity contribution < 1.29 is 9.59 Å². The van der Waals surface area contributed by atoms with Crippen LogP contribution in [0.3, 0.4) is 0 Å². The maximum Gasteiger partial charge on any atom is 0.254 e. The number of halogens is 2. The molecule has 0 spiro atoms. The molecule has 6 nitrogen and oxygen atoms in total. The number of hydrogen-bond acceptors (Lipinski definition) is 5. The van der Waals surface area contributed by atoms with Gasteiger partial charge in [-0.1, -0.05) is 57.1 Å². The van der Waals surface area contributed by atoms with Crippen molar-refractivity contribution in [2.24, 2.45) is 0 Å². The van der Waals surface area contributed by atoms with E-state index in [0.717, 1.165) is 16.5 Å². The molecule has 3 aromatic rings. The lowest BCUT2D eigenvalue weighted by Crippen LogP contribution is -2.43. The summed E-state index contributed by atoms with van der Waals surface area (Å²) in [7, 11) is 0. The average Bonchev–Trinajstić information content (AvgIpc) is 3.38. The van der Waals surface area contributed by atoms with Gasteiger partial charge in [0.25, 0.3) is 5.91 Å². The van der Waals surface area contributed by atoms with E-state index in [1.807, 2.05) is 24.3 Å². The summed E-state index contributed by atoms with van der Waals surface area (Å²) in [4.78, 5) is 27.3. The molecule has 2 amide bonds. The van der Waals surface area contributed by atoms with Crippen LogP contribution in [0.4, 0.5) is 5.13 Å². The Morgan fingerprint density at radius 2 is 1.97 bits per heavy atom. The second-order valence-electron chi connectivity index (χ2n) is 6.58. The minimum atomic E-state index is -0.524. The fourth-order valence-corrected chi connectivity index (χ4v) is 4.52. The van der Waals surface area contributed by atoms with Gasteiger partial charge in [-0.05, 0) is 43.2 Å². The van der Waals surface area contributed by atoms with Gasteiger partial charge in [0.2, 0.25) is 11.0 Å². The molecule has 1 N–H and O–H groups in total. The van der Waals surface area contributed by atoms with Gasteiger partial charge in [-0.25, -0.2) is 0 Å². The van der Waals surface area contributed by atoms with Gasteiger partial charge in [0, 0.05) is 27.2 Å². The van der Waals surface area contributed by atoms with Gasteiger partial charge in [-0.15, -0.1) is 10.2 Å². The summed E-state index contributed by atoms with van der Waals surface area (Å²) in [5.74, 6) is -0.396. The second-order valence-corrected chi connectivity index (χ2v) is 8.91. The van der Waals surface area contributed by atoms with Crippen molar-refractivity contribution in [3.8, 4) is 10.6 Å². The number of carbonyl (C=O) groups is 2. The van der Waals surface area contributed by atoms with Gasteiger partial charge in [-0.2, -0.15) is 0 Å². The van der Waals surface area contributed by atoms with Gasteiger partial charge in [0.05, 0.1) is 0 Å². The lowest BCUT2D eigenvalue weighted by Gasteiger charge is -2.23. The molecule has 0 unspecified atom stereocenters. The Balaban J connectivity index is 1.46. The van der Waals surface area contributed by atoms with Gasteiger partial charge in [-0.3, -0.25) is 14.9 Å². The van der Waals surface area contributed by atoms with E-state index in [-0.39, 0.29) is 11.8 Å². The SMILES string of the molecule is O=C(Nc1nnc(-c2ccc(Cl)cc2)s1)[C@H]1CCCN1C(=O)c1cccc(Br)c1. The van der Waals surface area contributed by atoms with Crippen LogP contribution in [0.1, 0.15) is 23.2 Å². The summed E-state index contributed by atoms with van der Waals surface area (Å²) in [6.45, 7) is 0.551. The maximum atomic E-state index is 12.9. The first-order valence-electron chi connectivity index (χ1n) is 8.98. The number of rotatable bonds is 4. The number of carbonyl (C=O) groups excluding carboxylic acids is 2. The summed E-state index contributed by atoms with van der Waals surface area (Å²) in [6, 6.07) is 13.9. The summed E-state index contributed by atoms with van der Waals surface area (Å²) in [5, 5.41) is 12.7. The molecule has 0 aliphatic carbocycles. The molecule has 1 aromatic heterocycles. The Hall–Kier alpha value is -2.29. The molecule has 2 heterocycles. The molecule has 1 atom stereocenters. The van der Waals surface area contributed by atoms with E-state index in [0.29, 0.717) is 33.7 Å². The van der Waals surface area contributed by atoms with Crippen LogP contribution in [0.25, 0.3) is 10.6 Å². The second kappa shape index (κ2) is 8.61. The number of hydrogen-bond donors (Lipinski definition) is 1. The molecule has 2 aromatic carbocycles. The van der Waals surface area contributed by atoms with Gasteiger partial charge < -0.3 is 4.90 Å². The summed E-state index contributed by atoms with van der Waals surface area (Å²) in [5.41, 5.74) is 1.43. The molecule has 1 saturated heterocycles. The van der Waals surface area contributed by atoms with Crippen molar-refractivity contribution in [2.45, 2.75) is 18.9 Å². The standard InChI is InChI=1S/C20H16BrClN4O2S/c21-14-4-1-3-13(11-14)19(28)26-10-2-5-16(26)17(27)23-20-25-24-18(29-20)12-6-8-15(22)9-7-12/h1,3-4,6-9,11,16H,2,5,10H2,(H,23,25,27)/t16-/m1/s1. The Kier molecular flexibility index (Phi) is 5.94. The van der Waals surface area contributed by atoms with E-state index >= 15 is 0 Å². The summed E-state index contributed by atoms with van der Waals surface area (Å²) >= 11 is 10.6. The van der Waals surface area contributed by atoms with E-state index in [9.17, 15) is 9.59 Å². The fourth-order valence-electron chi connectivity index (χ4n) is 3.24. The largest absolute Gasteiger partial charge is 0.327 e. The molecular formula is C20H16BrClN4O2S. The smallest absolute Gasteiger partial charge is 0.254 e. The molecule has 4 rings (SSSR count). The number of benzene rings is 2. The quantitative estimate of drug-likeness (QED) is 0.565. The third-order valence-electron chi connectivity index (χ3n) is 4.63. The molecule has 0 bridgehead atoms. The third-order valence-corrected chi connectivity index (χ3v) is 6.27. The van der Waals surface area contributed by atoms with Gasteiger partial charge >= 0.3 is 0 Å². The number of likely N-dealkylation sites (tertiary alicyclic amines) is 1. The van der Waals surface area contributed by atoms with E-state index in [2.05, 4.69) is 31.4 Å². The van der Waals surface area contributed by atoms with E-state index in [1.165, 1.54) is 11.3 Å². The molecule has 0 radical (unpaired) electrons. The highest BCUT2D eigenvalue weighted by molar-refractivity contribution is 9.10. The molecule has 1 aliphatic rings. The molecule has 1 aliphatic heterocycles. The minimum absolute atomic E-state index is 0.150. The Labute approximate surface area is 185 Å². The molecule has 148 valence electrons. The van der Waals surface area contributed by atoms with Crippen LogP contribution in [0.2, 0.25) is 5.02 Å². The maximum absolute atomic E-state index is 12.9. The van der Waals surface area contributed by atoms with Crippen molar-refractivity contribution in [1.29, 1.82) is 0 Å². The van der Waals surface area contributed by atoms with Crippen LogP contribution in [-0.4, -0.2) is 39.5 Å². The zero-order valence-corrected chi connectivity index (χ0v) is 18.3. The lowest BCUT2D eigenvalue weighted by atomic mass is 10.1. The average molecular weight is 492 g/mol. The fraction of sp³-hybridized carbons (Fsp3) is 0.200. The molecule has 29 heavy (non-hydrogen) atoms. The van der Waals surface area contributed by atoms with Crippen LogP contribution in [0.15, 0.2) is 53.0 Å². The topological polar surface area (TPSA) is 75.2 Å². The first-order chi connectivity index (χ1) is 14.0. The molecule has 1 fully saturated rings. The van der Waals surface area contributed by atoms with Gasteiger partial charge in [0.1, 0.15) is 11.0 Å². The Morgan fingerprint density at radius 3 is 2.72 bits per heavy atom. The third kappa shape index (κ3) is 4.49. The predicted molar refractivity (Wildman–Crippen MR) is 117 cm³/mol. The highest BCUT2D eigenvalue weighted by atomic mass is 79.9. The van der Waals surface area contributed by atoms with Crippen molar-refractivity contribution in [3.05, 3.63) is 63.6 Å². The van der Waals surface area contributed by atoms with Crippen LogP contribution in [-0.2, 0) is 4.79 Å². The highest BCUT2D eigenvalue weighted by Crippen LogP contribution is 2.28. The van der Waals surface area contributed by atoms with Crippen molar-refractivity contribution in [1.82, 2.24) is 15.1 Å². The number of aromatic nitrogens is 2. The van der Waals surface area contributed by atoms with Crippen LogP contribution in [0.5, 0.6) is 0 Å². The molecular weight excluding hydrogens is 476 g/mol. The van der Waals surface area contributed by atoms with Gasteiger partial charge in [0.15, 0.2) is 0 Å². The number of anilines is 1. The Bertz CT molecular complexity index is 1060. The number of nitrogens with zero attached hydrogens (tertiary/aromatic N) is 3. The number of amides is 2. The van der Waals surface area contributed by atoms with Crippen molar-refractivity contribution in [3.63, 3.8) is 0 Å². The predicted octanol–water partition coefficient (Wildman–Crippen LogP) is 4.86. The molecule has 0 saturated carbocycles. The lowest BCUT2D eigenvalue weighted by molar-refractivity contribution is -0.119. The molecule has 9 heteroatoms. The number of nitrogens with one attached hydrogen (secondary N) is 1. The van der Waals surface area contributed by atoms with Crippen molar-refractivity contribution >= 4 is 55.8 Å². The zero-order valence-electron chi connectivity index (χ0n) is 15.1. The first kappa shape index (κ1) is 20.0. The van der Waals surface area contributed by atoms with E-state index in [4.69, 9.17) is 11.6 Å². The normalized spacial score (nSPS) is 16.1. The summed E-state index contributed by atoms with van der Waals surface area (Å²) in [6.07, 6.45) is 1.40. The Morgan fingerprint density at radius 1 is 1.17 bits per heavy atom. The van der Waals surface area contributed by atoms with Crippen LogP contribution in [0, 0.1) is 0 Å². The monoisotopic (exact) mass is 490 g/mol. The first-order valence-corrected chi connectivity index (χ1v) is 11.0.